The predicted molar refractivity (Wildman–Crippen MR) is 85.7 cm³/mol. The Balaban J connectivity index is 1.87. The maximum Gasteiger partial charge on any atom is 0.0346 e. The summed E-state index contributed by atoms with van der Waals surface area (Å²) in [4.78, 5) is 4.14. The summed E-state index contributed by atoms with van der Waals surface area (Å²) in [5.41, 5.74) is 1.34. The van der Waals surface area contributed by atoms with Crippen LogP contribution in [0.1, 0.15) is 25.8 Å². The van der Waals surface area contributed by atoms with Gasteiger partial charge in [0.15, 0.2) is 0 Å². The minimum atomic E-state index is 0.576. The maximum absolute atomic E-state index is 4.14. The van der Waals surface area contributed by atoms with Crippen LogP contribution in [0.5, 0.6) is 0 Å². The topological polar surface area (TPSA) is 24.9 Å². The molecule has 2 rings (SSSR count). The Morgan fingerprint density at radius 2 is 2.16 bits per heavy atom. The number of hydrogen-bond acceptors (Lipinski definition) is 3. The molecule has 0 amide bonds. The normalized spacial score (nSPS) is 12.7. The second-order valence-electron chi connectivity index (χ2n) is 4.82. The summed E-state index contributed by atoms with van der Waals surface area (Å²) in [6.07, 6.45) is 5.00. The lowest BCUT2D eigenvalue weighted by Crippen LogP contribution is -2.26. The van der Waals surface area contributed by atoms with E-state index in [0.717, 1.165) is 6.54 Å². The monoisotopic (exact) mass is 274 g/mol. The third kappa shape index (κ3) is 4.51. The number of rotatable bonds is 7. The first kappa shape index (κ1) is 14.4. The van der Waals surface area contributed by atoms with E-state index < -0.39 is 0 Å². The van der Waals surface area contributed by atoms with Gasteiger partial charge in [0.2, 0.25) is 0 Å². The largest absolute Gasteiger partial charge is 0.310 e. The van der Waals surface area contributed by atoms with E-state index in [1.165, 1.54) is 34.3 Å². The Labute approximate surface area is 120 Å². The van der Waals surface area contributed by atoms with Gasteiger partial charge in [-0.15, -0.1) is 0 Å². The molecule has 0 aliphatic rings. The maximum atomic E-state index is 4.14. The van der Waals surface area contributed by atoms with Crippen LogP contribution in [-0.4, -0.2) is 22.5 Å². The number of thioether (sulfide) groups is 1. The first-order chi connectivity index (χ1) is 9.29. The highest BCUT2D eigenvalue weighted by molar-refractivity contribution is 7.99. The van der Waals surface area contributed by atoms with E-state index in [-0.39, 0.29) is 0 Å². The number of pyridine rings is 1. The van der Waals surface area contributed by atoms with Crippen molar-refractivity contribution in [1.29, 1.82) is 0 Å². The molecule has 2 aromatic rings. The SMILES string of the molecule is CCSCCC(C)NCc1ccc2cnccc2c1. The molecule has 1 aromatic heterocycles. The smallest absolute Gasteiger partial charge is 0.0346 e. The van der Waals surface area contributed by atoms with Gasteiger partial charge < -0.3 is 5.32 Å². The summed E-state index contributed by atoms with van der Waals surface area (Å²) in [6.45, 7) is 5.42. The molecule has 1 atom stereocenters. The highest BCUT2D eigenvalue weighted by atomic mass is 32.2. The van der Waals surface area contributed by atoms with Crippen molar-refractivity contribution in [1.82, 2.24) is 10.3 Å². The second kappa shape index (κ2) is 7.51. The molecule has 2 nitrogen and oxygen atoms in total. The van der Waals surface area contributed by atoms with Gasteiger partial charge in [-0.2, -0.15) is 11.8 Å². The molecular weight excluding hydrogens is 252 g/mol. The number of aromatic nitrogens is 1. The van der Waals surface area contributed by atoms with Crippen LogP contribution in [-0.2, 0) is 6.54 Å². The van der Waals surface area contributed by atoms with E-state index >= 15 is 0 Å². The minimum absolute atomic E-state index is 0.576. The van der Waals surface area contributed by atoms with Gasteiger partial charge in [0.1, 0.15) is 0 Å². The summed E-state index contributed by atoms with van der Waals surface area (Å²) in [5.74, 6) is 2.46. The van der Waals surface area contributed by atoms with Gasteiger partial charge in [-0.3, -0.25) is 4.98 Å². The lowest BCUT2D eigenvalue weighted by atomic mass is 10.1. The molecule has 102 valence electrons. The fraction of sp³-hybridized carbons (Fsp3) is 0.438. The molecule has 0 saturated carbocycles. The van der Waals surface area contributed by atoms with Crippen molar-refractivity contribution in [3.63, 3.8) is 0 Å². The van der Waals surface area contributed by atoms with Crippen molar-refractivity contribution in [2.45, 2.75) is 32.9 Å². The van der Waals surface area contributed by atoms with Crippen molar-refractivity contribution in [3.05, 3.63) is 42.2 Å². The molecule has 1 N–H and O–H groups in total. The van der Waals surface area contributed by atoms with Gasteiger partial charge in [-0.25, -0.2) is 0 Å². The highest BCUT2D eigenvalue weighted by Gasteiger charge is 2.02. The Bertz CT molecular complexity index is 513. The van der Waals surface area contributed by atoms with Gasteiger partial charge in [0.05, 0.1) is 0 Å². The van der Waals surface area contributed by atoms with Crippen LogP contribution in [0.15, 0.2) is 36.7 Å². The predicted octanol–water partition coefficient (Wildman–Crippen LogP) is 3.86. The van der Waals surface area contributed by atoms with E-state index in [0.29, 0.717) is 6.04 Å². The van der Waals surface area contributed by atoms with Crippen molar-refractivity contribution in [2.24, 2.45) is 0 Å². The Morgan fingerprint density at radius 1 is 1.26 bits per heavy atom. The third-order valence-corrected chi connectivity index (χ3v) is 4.19. The molecule has 0 spiro atoms. The molecule has 0 bridgehead atoms. The van der Waals surface area contributed by atoms with Crippen LogP contribution in [0.2, 0.25) is 0 Å². The first-order valence-electron chi connectivity index (χ1n) is 6.93. The fourth-order valence-electron chi connectivity index (χ4n) is 2.04. The molecule has 0 aliphatic carbocycles. The zero-order chi connectivity index (χ0) is 13.5. The standard InChI is InChI=1S/C16H22N2S/c1-3-19-9-7-13(2)18-11-14-4-5-16-12-17-8-6-15(16)10-14/h4-6,8,10,12-13,18H,3,7,9,11H2,1-2H3. The van der Waals surface area contributed by atoms with Gasteiger partial charge in [-0.05, 0) is 47.9 Å². The van der Waals surface area contributed by atoms with E-state index in [1.807, 2.05) is 24.2 Å². The molecule has 1 aromatic carbocycles. The Hall–Kier alpha value is -1.06. The Kier molecular flexibility index (Phi) is 5.67. The molecule has 0 fully saturated rings. The molecule has 1 unspecified atom stereocenters. The molecule has 19 heavy (non-hydrogen) atoms. The summed E-state index contributed by atoms with van der Waals surface area (Å²) in [7, 11) is 0. The zero-order valence-corrected chi connectivity index (χ0v) is 12.5. The van der Waals surface area contributed by atoms with E-state index in [4.69, 9.17) is 0 Å². The zero-order valence-electron chi connectivity index (χ0n) is 11.7. The van der Waals surface area contributed by atoms with Gasteiger partial charge in [-0.1, -0.05) is 19.1 Å². The van der Waals surface area contributed by atoms with E-state index in [9.17, 15) is 0 Å². The van der Waals surface area contributed by atoms with Crippen molar-refractivity contribution in [3.8, 4) is 0 Å². The summed E-state index contributed by atoms with van der Waals surface area (Å²) in [6, 6.07) is 9.23. The molecule has 0 radical (unpaired) electrons. The van der Waals surface area contributed by atoms with Crippen LogP contribution in [0.3, 0.4) is 0 Å². The quantitative estimate of drug-likeness (QED) is 0.776. The summed E-state index contributed by atoms with van der Waals surface area (Å²) in [5, 5.41) is 6.07. The average molecular weight is 274 g/mol. The lowest BCUT2D eigenvalue weighted by Gasteiger charge is -2.13. The molecule has 3 heteroatoms. The summed E-state index contributed by atoms with van der Waals surface area (Å²) < 4.78 is 0. The number of nitrogens with one attached hydrogen (secondary N) is 1. The number of fused-ring (bicyclic) bond motifs is 1. The van der Waals surface area contributed by atoms with E-state index in [2.05, 4.69) is 48.4 Å². The Morgan fingerprint density at radius 3 is 3.00 bits per heavy atom. The van der Waals surface area contributed by atoms with Crippen LogP contribution in [0.4, 0.5) is 0 Å². The molecule has 1 heterocycles. The summed E-state index contributed by atoms with van der Waals surface area (Å²) >= 11 is 2.01. The van der Waals surface area contributed by atoms with Crippen LogP contribution in [0, 0.1) is 0 Å². The minimum Gasteiger partial charge on any atom is -0.310 e. The van der Waals surface area contributed by atoms with Crippen molar-refractivity contribution < 1.29 is 0 Å². The highest BCUT2D eigenvalue weighted by Crippen LogP contribution is 2.14. The third-order valence-electron chi connectivity index (χ3n) is 3.26. The lowest BCUT2D eigenvalue weighted by molar-refractivity contribution is 0.537. The van der Waals surface area contributed by atoms with Gasteiger partial charge in [0.25, 0.3) is 0 Å². The number of hydrogen-bond donors (Lipinski definition) is 1. The van der Waals surface area contributed by atoms with Crippen molar-refractivity contribution in [2.75, 3.05) is 11.5 Å². The second-order valence-corrected chi connectivity index (χ2v) is 6.22. The molecule has 0 saturated heterocycles. The van der Waals surface area contributed by atoms with Gasteiger partial charge >= 0.3 is 0 Å². The van der Waals surface area contributed by atoms with Gasteiger partial charge in [0, 0.05) is 30.4 Å². The average Bonchev–Trinajstić information content (AvgIpc) is 2.45. The van der Waals surface area contributed by atoms with Crippen LogP contribution >= 0.6 is 11.8 Å². The van der Waals surface area contributed by atoms with Crippen LogP contribution in [0.25, 0.3) is 10.8 Å². The molecule has 0 aliphatic heterocycles. The van der Waals surface area contributed by atoms with E-state index in [1.54, 1.807) is 0 Å². The molecular formula is C16H22N2S. The fourth-order valence-corrected chi connectivity index (χ4v) is 2.85. The first-order valence-corrected chi connectivity index (χ1v) is 8.09. The van der Waals surface area contributed by atoms with Crippen molar-refractivity contribution >= 4 is 22.5 Å². The number of nitrogens with zero attached hydrogens (tertiary/aromatic N) is 1. The number of benzene rings is 1. The van der Waals surface area contributed by atoms with Crippen LogP contribution < -0.4 is 5.32 Å².